The van der Waals surface area contributed by atoms with E-state index in [4.69, 9.17) is 28.4 Å². The third-order valence-electron chi connectivity index (χ3n) is 12.4. The Balaban J connectivity index is 0.679. The number of likely N-dealkylation sites (N-methyl/N-ethyl adjacent to an activating group) is 2. The van der Waals surface area contributed by atoms with E-state index in [2.05, 4.69) is 35.6 Å². The monoisotopic (exact) mass is 1090 g/mol. The van der Waals surface area contributed by atoms with Gasteiger partial charge in [0.25, 0.3) is 0 Å². The Hall–Kier alpha value is -5.34. The average molecular weight is 1090 g/mol. The van der Waals surface area contributed by atoms with Crippen LogP contribution in [-0.2, 0) is 52.8 Å². The van der Waals surface area contributed by atoms with Gasteiger partial charge in [-0.3, -0.25) is 0 Å². The molecule has 6 rings (SSSR count). The van der Waals surface area contributed by atoms with Crippen molar-refractivity contribution >= 4 is 33.1 Å². The summed E-state index contributed by atoms with van der Waals surface area (Å²) in [5.74, 6) is 0.463. The number of halogens is 2. The highest BCUT2D eigenvalue weighted by Gasteiger charge is 2.37. The molecule has 0 saturated carbocycles. The van der Waals surface area contributed by atoms with Crippen molar-refractivity contribution in [1.29, 1.82) is 0 Å². The van der Waals surface area contributed by atoms with Crippen LogP contribution in [0.5, 0.6) is 11.5 Å². The van der Waals surface area contributed by atoms with Gasteiger partial charge in [0, 0.05) is 50.4 Å². The number of nitrogens with one attached hydrogen (secondary N) is 6. The number of urea groups is 2. The molecular formula is C52H72F2N8O11S2. The van der Waals surface area contributed by atoms with Gasteiger partial charge in [-0.05, 0) is 138 Å². The second kappa shape index (κ2) is 30.4. The number of rotatable bonds is 33. The zero-order chi connectivity index (χ0) is 53.6. The lowest BCUT2D eigenvalue weighted by molar-refractivity contribution is 0.0516. The summed E-state index contributed by atoms with van der Waals surface area (Å²) < 4.78 is 107. The van der Waals surface area contributed by atoms with E-state index in [0.29, 0.717) is 81.8 Å². The Morgan fingerprint density at radius 1 is 0.560 bits per heavy atom. The Kier molecular flexibility index (Phi) is 23.9. The van der Waals surface area contributed by atoms with Gasteiger partial charge in [-0.25, -0.2) is 40.4 Å². The maximum Gasteiger partial charge on any atom is 0.314 e. The number of carbonyl (C=O) groups excluding carboxylic acids is 2. The van der Waals surface area contributed by atoms with Crippen LogP contribution < -0.4 is 40.2 Å². The number of amides is 4. The zero-order valence-corrected chi connectivity index (χ0v) is 44.7. The summed E-state index contributed by atoms with van der Waals surface area (Å²) >= 11 is 0. The second-order valence-corrected chi connectivity index (χ2v) is 21.3. The molecule has 23 heteroatoms. The fourth-order valence-corrected chi connectivity index (χ4v) is 10.3. The summed E-state index contributed by atoms with van der Waals surface area (Å²) in [7, 11) is 2.61. The summed E-state index contributed by atoms with van der Waals surface area (Å²) in [6.07, 6.45) is 2.09. The average Bonchev–Trinajstić information content (AvgIpc) is 3.93. The maximum atomic E-state index is 14.0. The van der Waals surface area contributed by atoms with Crippen LogP contribution in [0.2, 0.25) is 0 Å². The molecule has 2 aliphatic rings. The second-order valence-electron chi connectivity index (χ2n) is 18.3. The Labute approximate surface area is 441 Å². The SMILES string of the molecule is CN(C)C1Cc2ccc(F)cc2[C@@H]1Oc1ccc(S(=O)NCCOCCOCCNC(=O)NCCCCNC(=O)NCCOCCOCCNS(=O)(=O)c2ccc(O[C@H]3c4cc(F)ccc4CC3N(C)C)cc2)cc1. The van der Waals surface area contributed by atoms with Gasteiger partial charge in [-0.2, -0.15) is 0 Å². The molecule has 2 aliphatic carbocycles. The van der Waals surface area contributed by atoms with Gasteiger partial charge < -0.3 is 59.5 Å². The lowest BCUT2D eigenvalue weighted by Gasteiger charge is -2.27. The van der Waals surface area contributed by atoms with Crippen LogP contribution in [0.4, 0.5) is 18.4 Å². The van der Waals surface area contributed by atoms with Crippen molar-refractivity contribution < 1.29 is 59.4 Å². The zero-order valence-electron chi connectivity index (χ0n) is 43.1. The van der Waals surface area contributed by atoms with Crippen LogP contribution >= 0.6 is 0 Å². The number of sulfonamides is 1. The first-order valence-corrected chi connectivity index (χ1v) is 27.7. The third-order valence-corrected chi connectivity index (χ3v) is 15.1. The van der Waals surface area contributed by atoms with E-state index in [1.165, 1.54) is 36.4 Å². The van der Waals surface area contributed by atoms with Gasteiger partial charge in [0.15, 0.2) is 0 Å². The molecule has 0 aromatic heterocycles. The molecule has 4 aromatic carbocycles. The summed E-state index contributed by atoms with van der Waals surface area (Å²) in [4.78, 5) is 28.9. The summed E-state index contributed by atoms with van der Waals surface area (Å²) in [6.45, 7) is 4.08. The Bertz CT molecular complexity index is 2550. The van der Waals surface area contributed by atoms with Crippen molar-refractivity contribution in [3.63, 3.8) is 0 Å². The molecule has 0 spiro atoms. The minimum Gasteiger partial charge on any atom is -0.484 e. The summed E-state index contributed by atoms with van der Waals surface area (Å²) in [6, 6.07) is 22.1. The highest BCUT2D eigenvalue weighted by atomic mass is 32.2. The van der Waals surface area contributed by atoms with Crippen molar-refractivity contribution in [2.45, 2.75) is 59.8 Å². The smallest absolute Gasteiger partial charge is 0.314 e. The minimum atomic E-state index is -3.79. The first kappa shape index (κ1) is 58.9. The molecule has 0 aliphatic heterocycles. The first-order chi connectivity index (χ1) is 36.2. The van der Waals surface area contributed by atoms with Gasteiger partial charge in [0.2, 0.25) is 10.0 Å². The van der Waals surface area contributed by atoms with Gasteiger partial charge in [0.1, 0.15) is 46.3 Å². The molecule has 19 nitrogen and oxygen atoms in total. The van der Waals surface area contributed by atoms with Gasteiger partial charge in [-0.1, -0.05) is 12.1 Å². The Morgan fingerprint density at radius 2 is 0.973 bits per heavy atom. The van der Waals surface area contributed by atoms with Crippen LogP contribution in [-0.4, -0.2) is 167 Å². The van der Waals surface area contributed by atoms with Crippen molar-refractivity contribution in [3.05, 3.63) is 119 Å². The Morgan fingerprint density at radius 3 is 1.43 bits per heavy atom. The third kappa shape index (κ3) is 19.0. The topological polar surface area (TPSA) is 219 Å². The van der Waals surface area contributed by atoms with Gasteiger partial charge in [0.05, 0.1) is 74.7 Å². The molecule has 0 heterocycles. The molecule has 4 aromatic rings. The van der Waals surface area contributed by atoms with Crippen LogP contribution in [0, 0.1) is 11.6 Å². The van der Waals surface area contributed by atoms with Crippen molar-refractivity contribution in [2.75, 3.05) is 120 Å². The lowest BCUT2D eigenvalue weighted by atomic mass is 10.1. The number of carbonyl (C=O) groups is 2. The number of benzene rings is 4. The molecule has 0 saturated heterocycles. The molecule has 3 unspecified atom stereocenters. The number of unbranched alkanes of at least 4 members (excludes halogenated alkanes) is 1. The van der Waals surface area contributed by atoms with Crippen molar-refractivity contribution in [1.82, 2.24) is 40.5 Å². The number of hydrogen-bond donors (Lipinski definition) is 6. The largest absolute Gasteiger partial charge is 0.484 e. The standard InChI is InChI=1S/C52H72F2N8O11S2/c1-61(2)47-33-37-7-9-39(53)35-45(37)49(47)72-41-11-15-43(16-12-41)74(65)59-23-27-70-31-29-68-25-21-57-51(63)55-19-5-6-20-56-52(64)58-22-26-69-30-32-71-28-24-60-75(66,67)44-17-13-42(14-18-44)73-50-46-36-40(54)10-8-38(46)34-48(50)62(3)4/h7-18,35-36,47-50,59-60H,5-6,19-34H2,1-4H3,(H2,55,57,63)(H2,56,58,64)/t47?,48?,49-,50-,74?/m0/s1. The molecule has 0 bridgehead atoms. The predicted octanol–water partition coefficient (Wildman–Crippen LogP) is 4.21. The molecule has 0 radical (unpaired) electrons. The van der Waals surface area contributed by atoms with Crippen molar-refractivity contribution in [2.24, 2.45) is 0 Å². The number of ether oxygens (including phenoxy) is 6. The van der Waals surface area contributed by atoms with Crippen LogP contribution in [0.3, 0.4) is 0 Å². The molecule has 5 atom stereocenters. The predicted molar refractivity (Wildman–Crippen MR) is 280 cm³/mol. The molecular weight excluding hydrogens is 1010 g/mol. The number of hydrogen-bond acceptors (Lipinski definition) is 13. The van der Waals surface area contributed by atoms with E-state index in [0.717, 1.165) is 35.1 Å². The van der Waals surface area contributed by atoms with E-state index in [1.54, 1.807) is 42.5 Å². The fraction of sp³-hybridized carbons (Fsp3) is 0.500. The maximum absolute atomic E-state index is 14.0. The molecule has 0 fully saturated rings. The number of nitrogens with zero attached hydrogens (tertiary/aromatic N) is 2. The molecule has 4 amide bonds. The van der Waals surface area contributed by atoms with E-state index in [1.807, 2.05) is 39.2 Å². The first-order valence-electron chi connectivity index (χ1n) is 25.1. The summed E-state index contributed by atoms with van der Waals surface area (Å²) in [5, 5.41) is 10.9. The molecule has 75 heavy (non-hydrogen) atoms. The van der Waals surface area contributed by atoms with E-state index < -0.39 is 27.1 Å². The minimum absolute atomic E-state index is 0.00321. The van der Waals surface area contributed by atoms with Crippen LogP contribution in [0.1, 0.15) is 47.3 Å². The fourth-order valence-electron chi connectivity index (χ4n) is 8.45. The van der Waals surface area contributed by atoms with E-state index >= 15 is 0 Å². The highest BCUT2D eigenvalue weighted by Crippen LogP contribution is 2.39. The summed E-state index contributed by atoms with van der Waals surface area (Å²) in [5.41, 5.74) is 3.73. The van der Waals surface area contributed by atoms with Gasteiger partial charge >= 0.3 is 12.1 Å². The van der Waals surface area contributed by atoms with E-state index in [-0.39, 0.29) is 86.3 Å². The van der Waals surface area contributed by atoms with Crippen LogP contribution in [0.25, 0.3) is 0 Å². The number of fused-ring (bicyclic) bond motifs is 2. The van der Waals surface area contributed by atoms with E-state index in [9.17, 15) is 31.0 Å². The lowest BCUT2D eigenvalue weighted by Crippen LogP contribution is -2.39. The quantitative estimate of drug-likeness (QED) is 0.0369. The van der Waals surface area contributed by atoms with Gasteiger partial charge in [-0.15, -0.1) is 0 Å². The normalized spacial score (nSPS) is 17.4. The van der Waals surface area contributed by atoms with Crippen LogP contribution in [0.15, 0.2) is 94.7 Å². The highest BCUT2D eigenvalue weighted by molar-refractivity contribution is 7.89. The molecule has 412 valence electrons. The van der Waals surface area contributed by atoms with Crippen molar-refractivity contribution in [3.8, 4) is 11.5 Å². The molecule has 6 N–H and O–H groups in total.